The number of amides is 1. The summed E-state index contributed by atoms with van der Waals surface area (Å²) in [6.45, 7) is 1.78. The summed E-state index contributed by atoms with van der Waals surface area (Å²) in [6, 6.07) is 7.00. The van der Waals surface area contributed by atoms with Crippen LogP contribution in [0.25, 0.3) is 0 Å². The lowest BCUT2D eigenvalue weighted by Gasteiger charge is -2.18. The third-order valence-electron chi connectivity index (χ3n) is 3.13. The molecule has 2 rings (SSSR count). The summed E-state index contributed by atoms with van der Waals surface area (Å²) in [4.78, 5) is 28.6. The molecule has 0 aliphatic heterocycles. The van der Waals surface area contributed by atoms with Crippen LogP contribution in [-0.4, -0.2) is 24.0 Å². The zero-order valence-corrected chi connectivity index (χ0v) is 14.5. The highest BCUT2D eigenvalue weighted by Gasteiger charge is 2.21. The number of carbonyl (C=O) groups excluding carboxylic acids is 2. The van der Waals surface area contributed by atoms with Crippen molar-refractivity contribution in [3.63, 3.8) is 0 Å². The fraction of sp³-hybridized carbons (Fsp3) is 0.267. The first-order valence-electron chi connectivity index (χ1n) is 6.54. The van der Waals surface area contributed by atoms with Crippen LogP contribution in [0.1, 0.15) is 33.4 Å². The van der Waals surface area contributed by atoms with Crippen molar-refractivity contribution < 1.29 is 14.3 Å². The van der Waals surface area contributed by atoms with E-state index in [0.717, 1.165) is 10.0 Å². The summed E-state index contributed by atoms with van der Waals surface area (Å²) in [5, 5.41) is 2.88. The van der Waals surface area contributed by atoms with Gasteiger partial charge in [0.05, 0.1) is 30.8 Å². The van der Waals surface area contributed by atoms with Gasteiger partial charge >= 0.3 is 5.97 Å². The van der Waals surface area contributed by atoms with E-state index in [9.17, 15) is 9.59 Å². The molecule has 0 fully saturated rings. The Balaban J connectivity index is 2.21. The number of thiazole rings is 1. The van der Waals surface area contributed by atoms with Crippen LogP contribution in [0, 0.1) is 6.92 Å². The number of halogens is 1. The highest BCUT2D eigenvalue weighted by molar-refractivity contribution is 9.10. The lowest BCUT2D eigenvalue weighted by molar-refractivity contribution is -0.141. The molecule has 5 nitrogen and oxygen atoms in total. The fourth-order valence-electron chi connectivity index (χ4n) is 1.94. The Kier molecular flexibility index (Phi) is 5.68. The Morgan fingerprint density at radius 1 is 1.36 bits per heavy atom. The molecule has 1 amide bonds. The van der Waals surface area contributed by atoms with Gasteiger partial charge in [0.25, 0.3) is 5.91 Å². The average molecular weight is 383 g/mol. The van der Waals surface area contributed by atoms with E-state index in [4.69, 9.17) is 4.74 Å². The second-order valence-corrected chi connectivity index (χ2v) is 6.40. The molecule has 0 radical (unpaired) electrons. The van der Waals surface area contributed by atoms with Crippen molar-refractivity contribution in [3.8, 4) is 0 Å². The summed E-state index contributed by atoms with van der Waals surface area (Å²) >= 11 is 4.64. The largest absolute Gasteiger partial charge is 0.469 e. The number of hydrogen-bond acceptors (Lipinski definition) is 5. The predicted molar refractivity (Wildman–Crippen MR) is 87.8 cm³/mol. The Bertz CT molecular complexity index is 670. The molecule has 0 spiro atoms. The quantitative estimate of drug-likeness (QED) is 0.805. The molecule has 1 aromatic heterocycles. The first-order chi connectivity index (χ1) is 10.5. The minimum absolute atomic E-state index is 0.0712. The number of methoxy groups -OCH3 is 1. The van der Waals surface area contributed by atoms with E-state index in [1.807, 2.05) is 24.3 Å². The normalized spacial score (nSPS) is 11.8. The molecular weight excluding hydrogens is 368 g/mol. The SMILES string of the molecule is COC(=O)CC(NC(=O)c1scnc1C)c1ccc(Br)cc1. The second kappa shape index (κ2) is 7.51. The summed E-state index contributed by atoms with van der Waals surface area (Å²) in [5.41, 5.74) is 3.14. The van der Waals surface area contributed by atoms with Crippen LogP contribution in [0.5, 0.6) is 0 Å². The number of rotatable bonds is 5. The lowest BCUT2D eigenvalue weighted by atomic mass is 10.0. The Morgan fingerprint density at radius 2 is 2.05 bits per heavy atom. The standard InChI is InChI=1S/C15H15BrN2O3S/c1-9-14(22-8-17-9)15(20)18-12(7-13(19)21-2)10-3-5-11(16)6-4-10/h3-6,8,12H,7H2,1-2H3,(H,18,20). The highest BCUT2D eigenvalue weighted by Crippen LogP contribution is 2.22. The molecule has 1 atom stereocenters. The number of benzene rings is 1. The van der Waals surface area contributed by atoms with Crippen LogP contribution in [0.15, 0.2) is 34.2 Å². The summed E-state index contributed by atoms with van der Waals surface area (Å²) in [5.74, 6) is -0.619. The molecule has 0 aliphatic rings. The van der Waals surface area contributed by atoms with E-state index in [0.29, 0.717) is 10.6 Å². The van der Waals surface area contributed by atoms with Crippen LogP contribution in [-0.2, 0) is 9.53 Å². The minimum atomic E-state index is -0.449. The van der Waals surface area contributed by atoms with Gasteiger partial charge in [0.2, 0.25) is 0 Å². The van der Waals surface area contributed by atoms with Gasteiger partial charge in [0.15, 0.2) is 0 Å². The van der Waals surface area contributed by atoms with E-state index in [-0.39, 0.29) is 18.3 Å². The van der Waals surface area contributed by atoms with Gasteiger partial charge in [-0.25, -0.2) is 4.98 Å². The zero-order valence-electron chi connectivity index (χ0n) is 12.1. The lowest BCUT2D eigenvalue weighted by Crippen LogP contribution is -2.30. The first-order valence-corrected chi connectivity index (χ1v) is 8.21. The molecule has 1 unspecified atom stereocenters. The molecule has 116 valence electrons. The molecular formula is C15H15BrN2O3S. The van der Waals surface area contributed by atoms with Crippen molar-refractivity contribution >= 4 is 39.1 Å². The molecule has 22 heavy (non-hydrogen) atoms. The zero-order chi connectivity index (χ0) is 16.1. The molecule has 0 aliphatic carbocycles. The van der Waals surface area contributed by atoms with Crippen LogP contribution in [0.4, 0.5) is 0 Å². The van der Waals surface area contributed by atoms with E-state index >= 15 is 0 Å². The molecule has 0 saturated heterocycles. The maximum Gasteiger partial charge on any atom is 0.307 e. The van der Waals surface area contributed by atoms with Gasteiger partial charge in [-0.15, -0.1) is 11.3 Å². The van der Waals surface area contributed by atoms with Crippen molar-refractivity contribution in [2.24, 2.45) is 0 Å². The monoisotopic (exact) mass is 382 g/mol. The molecule has 2 aromatic rings. The number of esters is 1. The van der Waals surface area contributed by atoms with E-state index in [2.05, 4.69) is 26.2 Å². The highest BCUT2D eigenvalue weighted by atomic mass is 79.9. The number of nitrogens with one attached hydrogen (secondary N) is 1. The molecule has 7 heteroatoms. The van der Waals surface area contributed by atoms with E-state index in [1.165, 1.54) is 18.4 Å². The molecule has 1 heterocycles. The van der Waals surface area contributed by atoms with Gasteiger partial charge < -0.3 is 10.1 Å². The van der Waals surface area contributed by atoms with Crippen molar-refractivity contribution in [1.82, 2.24) is 10.3 Å². The van der Waals surface area contributed by atoms with Crippen molar-refractivity contribution in [1.29, 1.82) is 0 Å². The maximum atomic E-state index is 12.3. The summed E-state index contributed by atoms with van der Waals surface area (Å²) in [7, 11) is 1.33. The van der Waals surface area contributed by atoms with E-state index in [1.54, 1.807) is 12.4 Å². The number of hydrogen-bond donors (Lipinski definition) is 1. The second-order valence-electron chi connectivity index (χ2n) is 4.62. The summed E-state index contributed by atoms with van der Waals surface area (Å²) in [6.07, 6.45) is 0.0712. The van der Waals surface area contributed by atoms with Crippen LogP contribution in [0.2, 0.25) is 0 Å². The van der Waals surface area contributed by atoms with Gasteiger partial charge in [0, 0.05) is 4.47 Å². The third-order valence-corrected chi connectivity index (χ3v) is 4.58. The number of carbonyl (C=O) groups is 2. The van der Waals surface area contributed by atoms with Crippen LogP contribution >= 0.6 is 27.3 Å². The molecule has 1 aromatic carbocycles. The first kappa shape index (κ1) is 16.6. The smallest absolute Gasteiger partial charge is 0.307 e. The van der Waals surface area contributed by atoms with Gasteiger partial charge in [-0.2, -0.15) is 0 Å². The number of nitrogens with zero attached hydrogens (tertiary/aromatic N) is 1. The Morgan fingerprint density at radius 3 is 2.59 bits per heavy atom. The number of ether oxygens (including phenoxy) is 1. The topological polar surface area (TPSA) is 68.3 Å². The van der Waals surface area contributed by atoms with Crippen molar-refractivity contribution in [2.45, 2.75) is 19.4 Å². The number of aromatic nitrogens is 1. The average Bonchev–Trinajstić information content (AvgIpc) is 2.93. The van der Waals surface area contributed by atoms with E-state index < -0.39 is 6.04 Å². The molecule has 0 bridgehead atoms. The minimum Gasteiger partial charge on any atom is -0.469 e. The van der Waals surface area contributed by atoms with Gasteiger partial charge in [0.1, 0.15) is 4.88 Å². The Hall–Kier alpha value is -1.73. The third kappa shape index (κ3) is 4.14. The number of aryl methyl sites for hydroxylation is 1. The van der Waals surface area contributed by atoms with Crippen molar-refractivity contribution in [3.05, 3.63) is 50.4 Å². The fourth-order valence-corrected chi connectivity index (χ4v) is 2.91. The van der Waals surface area contributed by atoms with Gasteiger partial charge in [-0.3, -0.25) is 9.59 Å². The van der Waals surface area contributed by atoms with Gasteiger partial charge in [-0.05, 0) is 24.6 Å². The predicted octanol–water partition coefficient (Wildman–Crippen LogP) is 3.25. The van der Waals surface area contributed by atoms with Crippen molar-refractivity contribution in [2.75, 3.05) is 7.11 Å². The van der Waals surface area contributed by atoms with Crippen LogP contribution in [0.3, 0.4) is 0 Å². The summed E-state index contributed by atoms with van der Waals surface area (Å²) < 4.78 is 5.64. The molecule has 0 saturated carbocycles. The van der Waals surface area contributed by atoms with Gasteiger partial charge in [-0.1, -0.05) is 28.1 Å². The van der Waals surface area contributed by atoms with Crippen LogP contribution < -0.4 is 5.32 Å². The molecule has 1 N–H and O–H groups in total. The Labute approximate surface area is 140 Å². The maximum absolute atomic E-state index is 12.3.